The van der Waals surface area contributed by atoms with E-state index in [1.54, 1.807) is 6.92 Å². The molecule has 3 rings (SSSR count). The third-order valence-corrected chi connectivity index (χ3v) is 4.14. The van der Waals surface area contributed by atoms with Crippen molar-refractivity contribution in [1.82, 2.24) is 0 Å². The number of carbonyl (C=O) groups is 1. The molecule has 4 nitrogen and oxygen atoms in total. The quantitative estimate of drug-likeness (QED) is 0.860. The van der Waals surface area contributed by atoms with Crippen LogP contribution in [-0.4, -0.2) is 12.5 Å². The number of rotatable bonds is 6. The summed E-state index contributed by atoms with van der Waals surface area (Å²) in [6.07, 6.45) is 2.53. The minimum absolute atomic E-state index is 0.240. The second-order valence-electron chi connectivity index (χ2n) is 6.30. The van der Waals surface area contributed by atoms with E-state index in [-0.39, 0.29) is 5.91 Å². The molecule has 1 saturated carbocycles. The molecule has 0 saturated heterocycles. The van der Waals surface area contributed by atoms with Gasteiger partial charge >= 0.3 is 0 Å². The molecule has 2 aromatic carbocycles. The van der Waals surface area contributed by atoms with Crippen LogP contribution >= 0.6 is 0 Å². The van der Waals surface area contributed by atoms with E-state index in [0.717, 1.165) is 23.8 Å². The summed E-state index contributed by atoms with van der Waals surface area (Å²) < 4.78 is 5.69. The van der Waals surface area contributed by atoms with Crippen molar-refractivity contribution in [3.8, 4) is 5.75 Å². The SMILES string of the molecule is CC(N)(C(=O)Nc1ccc(OCC2CC2)cc1)c1ccccc1. The van der Waals surface area contributed by atoms with Crippen LogP contribution in [-0.2, 0) is 10.3 Å². The lowest BCUT2D eigenvalue weighted by Crippen LogP contribution is -2.45. The van der Waals surface area contributed by atoms with E-state index >= 15 is 0 Å². The Hall–Kier alpha value is -2.33. The average Bonchev–Trinajstić information content (AvgIpc) is 3.39. The van der Waals surface area contributed by atoms with Crippen molar-refractivity contribution in [2.45, 2.75) is 25.3 Å². The van der Waals surface area contributed by atoms with Crippen LogP contribution in [0.15, 0.2) is 54.6 Å². The summed E-state index contributed by atoms with van der Waals surface area (Å²) >= 11 is 0. The number of carbonyl (C=O) groups excluding carboxylic acids is 1. The van der Waals surface area contributed by atoms with Gasteiger partial charge in [0.05, 0.1) is 6.61 Å². The van der Waals surface area contributed by atoms with Crippen LogP contribution in [0.4, 0.5) is 5.69 Å². The van der Waals surface area contributed by atoms with Crippen LogP contribution in [0.25, 0.3) is 0 Å². The van der Waals surface area contributed by atoms with Gasteiger partial charge in [0.15, 0.2) is 0 Å². The molecular formula is C19H22N2O2. The van der Waals surface area contributed by atoms with E-state index in [2.05, 4.69) is 5.32 Å². The summed E-state index contributed by atoms with van der Waals surface area (Å²) in [5.74, 6) is 1.31. The summed E-state index contributed by atoms with van der Waals surface area (Å²) in [4.78, 5) is 12.5. The number of hydrogen-bond acceptors (Lipinski definition) is 3. The monoisotopic (exact) mass is 310 g/mol. The Kier molecular flexibility index (Phi) is 4.35. The maximum absolute atomic E-state index is 12.5. The lowest BCUT2D eigenvalue weighted by molar-refractivity contribution is -0.120. The summed E-state index contributed by atoms with van der Waals surface area (Å²) in [6, 6.07) is 16.8. The highest BCUT2D eigenvalue weighted by Crippen LogP contribution is 2.29. The van der Waals surface area contributed by atoms with Gasteiger partial charge in [-0.3, -0.25) is 4.79 Å². The number of nitrogens with one attached hydrogen (secondary N) is 1. The van der Waals surface area contributed by atoms with Crippen LogP contribution in [0.2, 0.25) is 0 Å². The van der Waals surface area contributed by atoms with Crippen molar-refractivity contribution < 1.29 is 9.53 Å². The van der Waals surface area contributed by atoms with Gasteiger partial charge in [-0.2, -0.15) is 0 Å². The van der Waals surface area contributed by atoms with Crippen LogP contribution in [0, 0.1) is 5.92 Å². The molecule has 0 spiro atoms. The minimum atomic E-state index is -1.08. The Morgan fingerprint density at radius 2 is 1.83 bits per heavy atom. The van der Waals surface area contributed by atoms with E-state index in [1.807, 2.05) is 54.6 Å². The summed E-state index contributed by atoms with van der Waals surface area (Å²) in [5.41, 5.74) is 6.62. The van der Waals surface area contributed by atoms with E-state index in [4.69, 9.17) is 10.5 Å². The maximum atomic E-state index is 12.5. The van der Waals surface area contributed by atoms with Crippen molar-refractivity contribution in [2.24, 2.45) is 11.7 Å². The van der Waals surface area contributed by atoms with Crippen molar-refractivity contribution in [3.63, 3.8) is 0 Å². The van der Waals surface area contributed by atoms with Gasteiger partial charge in [-0.05, 0) is 55.5 Å². The predicted octanol–water partition coefficient (Wildman–Crippen LogP) is 3.29. The van der Waals surface area contributed by atoms with Gasteiger partial charge in [0.2, 0.25) is 5.91 Å². The molecule has 0 aliphatic heterocycles. The van der Waals surface area contributed by atoms with Crippen molar-refractivity contribution in [3.05, 3.63) is 60.2 Å². The predicted molar refractivity (Wildman–Crippen MR) is 91.3 cm³/mol. The van der Waals surface area contributed by atoms with Crippen LogP contribution < -0.4 is 15.8 Å². The molecule has 4 heteroatoms. The van der Waals surface area contributed by atoms with Crippen molar-refractivity contribution in [1.29, 1.82) is 0 Å². The van der Waals surface area contributed by atoms with Crippen molar-refractivity contribution >= 4 is 11.6 Å². The third kappa shape index (κ3) is 3.90. The van der Waals surface area contributed by atoms with Gasteiger partial charge in [0, 0.05) is 5.69 Å². The highest BCUT2D eigenvalue weighted by atomic mass is 16.5. The third-order valence-electron chi connectivity index (χ3n) is 4.14. The first-order valence-corrected chi connectivity index (χ1v) is 7.94. The molecule has 0 aromatic heterocycles. The lowest BCUT2D eigenvalue weighted by Gasteiger charge is -2.24. The van der Waals surface area contributed by atoms with E-state index in [1.165, 1.54) is 12.8 Å². The Morgan fingerprint density at radius 3 is 2.43 bits per heavy atom. The van der Waals surface area contributed by atoms with E-state index in [9.17, 15) is 4.79 Å². The summed E-state index contributed by atoms with van der Waals surface area (Å²) in [7, 11) is 0. The average molecular weight is 310 g/mol. The van der Waals surface area contributed by atoms with Gasteiger partial charge in [-0.1, -0.05) is 30.3 Å². The number of nitrogens with two attached hydrogens (primary N) is 1. The fraction of sp³-hybridized carbons (Fsp3) is 0.316. The summed E-state index contributed by atoms with van der Waals surface area (Å²) in [5, 5.41) is 2.87. The normalized spacial score (nSPS) is 16.4. The van der Waals surface area contributed by atoms with Gasteiger partial charge in [0.25, 0.3) is 0 Å². The zero-order valence-electron chi connectivity index (χ0n) is 13.3. The van der Waals surface area contributed by atoms with Gasteiger partial charge in [-0.25, -0.2) is 0 Å². The minimum Gasteiger partial charge on any atom is -0.493 e. The zero-order chi connectivity index (χ0) is 16.3. The number of ether oxygens (including phenoxy) is 1. The molecule has 0 bridgehead atoms. The van der Waals surface area contributed by atoms with E-state index in [0.29, 0.717) is 5.69 Å². The number of benzene rings is 2. The Bertz CT molecular complexity index is 662. The van der Waals surface area contributed by atoms with Crippen LogP contribution in [0.5, 0.6) is 5.75 Å². The second kappa shape index (κ2) is 6.42. The molecule has 3 N–H and O–H groups in total. The fourth-order valence-corrected chi connectivity index (χ4v) is 2.31. The molecule has 1 atom stereocenters. The molecule has 1 aliphatic carbocycles. The van der Waals surface area contributed by atoms with Crippen molar-refractivity contribution in [2.75, 3.05) is 11.9 Å². The molecule has 1 amide bonds. The molecule has 0 radical (unpaired) electrons. The lowest BCUT2D eigenvalue weighted by atomic mass is 9.92. The molecule has 23 heavy (non-hydrogen) atoms. The molecular weight excluding hydrogens is 288 g/mol. The molecule has 1 fully saturated rings. The topological polar surface area (TPSA) is 64.4 Å². The summed E-state index contributed by atoms with van der Waals surface area (Å²) in [6.45, 7) is 2.49. The number of hydrogen-bond donors (Lipinski definition) is 2. The second-order valence-corrected chi connectivity index (χ2v) is 6.30. The largest absolute Gasteiger partial charge is 0.493 e. The molecule has 2 aromatic rings. The first-order valence-electron chi connectivity index (χ1n) is 7.94. The van der Waals surface area contributed by atoms with Crippen LogP contribution in [0.1, 0.15) is 25.3 Å². The van der Waals surface area contributed by atoms with Crippen LogP contribution in [0.3, 0.4) is 0 Å². The standard InChI is InChI=1S/C19H22N2O2/c1-19(20,15-5-3-2-4-6-15)18(22)21-16-9-11-17(12-10-16)23-13-14-7-8-14/h2-6,9-12,14H,7-8,13,20H2,1H3,(H,21,22). The molecule has 120 valence electrons. The first-order chi connectivity index (χ1) is 11.1. The fourth-order valence-electron chi connectivity index (χ4n) is 2.31. The molecule has 1 unspecified atom stereocenters. The number of amides is 1. The van der Waals surface area contributed by atoms with Gasteiger partial charge in [-0.15, -0.1) is 0 Å². The smallest absolute Gasteiger partial charge is 0.248 e. The van der Waals surface area contributed by atoms with Gasteiger partial charge < -0.3 is 15.8 Å². The Balaban J connectivity index is 1.62. The zero-order valence-corrected chi connectivity index (χ0v) is 13.3. The molecule has 0 heterocycles. The van der Waals surface area contributed by atoms with E-state index < -0.39 is 5.54 Å². The number of anilines is 1. The van der Waals surface area contributed by atoms with Gasteiger partial charge in [0.1, 0.15) is 11.3 Å². The highest BCUT2D eigenvalue weighted by molar-refractivity contribution is 5.98. The highest BCUT2D eigenvalue weighted by Gasteiger charge is 2.30. The Morgan fingerprint density at radius 1 is 1.17 bits per heavy atom. The molecule has 1 aliphatic rings. The maximum Gasteiger partial charge on any atom is 0.248 e. The Labute approximate surface area is 136 Å². The first kappa shape index (κ1) is 15.6.